The topological polar surface area (TPSA) is 29.1 Å². The Bertz CT molecular complexity index is 502. The molecule has 1 heterocycles. The molecule has 18 heavy (non-hydrogen) atoms. The van der Waals surface area contributed by atoms with E-state index in [1.54, 1.807) is 0 Å². The van der Waals surface area contributed by atoms with Crippen molar-refractivity contribution in [2.24, 2.45) is 0 Å². The van der Waals surface area contributed by atoms with E-state index in [0.29, 0.717) is 22.3 Å². The Morgan fingerprint density at radius 1 is 1.17 bits per heavy atom. The Hall–Kier alpha value is -0.810. The van der Waals surface area contributed by atoms with Crippen LogP contribution in [0.15, 0.2) is 17.0 Å². The molecule has 1 aromatic carbocycles. The molecule has 1 saturated carbocycles. The summed E-state index contributed by atoms with van der Waals surface area (Å²) in [5.41, 5.74) is 0.677. The van der Waals surface area contributed by atoms with Gasteiger partial charge in [-0.1, -0.05) is 0 Å². The van der Waals surface area contributed by atoms with Gasteiger partial charge in [0.15, 0.2) is 11.6 Å². The van der Waals surface area contributed by atoms with Crippen LogP contribution < -0.4 is 5.32 Å². The van der Waals surface area contributed by atoms with E-state index in [-0.39, 0.29) is 6.04 Å². The largest absolute Gasteiger partial charge is 0.307 e. The summed E-state index contributed by atoms with van der Waals surface area (Å²) in [6, 6.07) is 2.82. The van der Waals surface area contributed by atoms with Gasteiger partial charge in [0.05, 0.1) is 10.8 Å². The molecule has 1 aliphatic heterocycles. The van der Waals surface area contributed by atoms with E-state index in [1.165, 1.54) is 6.07 Å². The number of hydrogen-bond acceptors (Lipinski definition) is 2. The van der Waals surface area contributed by atoms with Gasteiger partial charge in [-0.25, -0.2) is 8.78 Å². The van der Waals surface area contributed by atoms with Crippen LogP contribution >= 0.6 is 0 Å². The maximum Gasteiger partial charge on any atom is 0.160 e. The van der Waals surface area contributed by atoms with Crippen LogP contribution in [-0.2, 0) is 10.8 Å². The lowest BCUT2D eigenvalue weighted by molar-refractivity contribution is 0.471. The molecule has 98 valence electrons. The van der Waals surface area contributed by atoms with Crippen LogP contribution in [0.2, 0.25) is 0 Å². The van der Waals surface area contributed by atoms with E-state index < -0.39 is 22.4 Å². The summed E-state index contributed by atoms with van der Waals surface area (Å²) in [6.45, 7) is 0. The van der Waals surface area contributed by atoms with Gasteiger partial charge < -0.3 is 5.32 Å². The predicted molar refractivity (Wildman–Crippen MR) is 65.8 cm³/mol. The maximum atomic E-state index is 13.4. The number of halogens is 2. The third-order valence-corrected chi connectivity index (χ3v) is 5.01. The highest BCUT2D eigenvalue weighted by atomic mass is 32.2. The van der Waals surface area contributed by atoms with Crippen LogP contribution in [0.5, 0.6) is 0 Å². The van der Waals surface area contributed by atoms with Crippen molar-refractivity contribution in [3.05, 3.63) is 29.3 Å². The second-order valence-electron chi connectivity index (χ2n) is 4.99. The molecular weight excluding hydrogens is 256 g/mol. The van der Waals surface area contributed by atoms with Gasteiger partial charge in [-0.2, -0.15) is 0 Å². The molecule has 2 atom stereocenters. The molecule has 1 N–H and O–H groups in total. The van der Waals surface area contributed by atoms with Gasteiger partial charge in [0.2, 0.25) is 0 Å². The lowest BCUT2D eigenvalue weighted by Crippen LogP contribution is -2.23. The number of rotatable bonds is 2. The zero-order chi connectivity index (χ0) is 12.7. The first-order chi connectivity index (χ1) is 8.65. The molecule has 1 fully saturated rings. The van der Waals surface area contributed by atoms with Gasteiger partial charge in [0.25, 0.3) is 0 Å². The molecule has 3 rings (SSSR count). The monoisotopic (exact) mass is 271 g/mol. The fraction of sp³-hybridized carbons (Fsp3) is 0.538. The number of benzene rings is 1. The summed E-state index contributed by atoms with van der Waals surface area (Å²) < 4.78 is 38.7. The van der Waals surface area contributed by atoms with E-state index in [2.05, 4.69) is 5.32 Å². The SMILES string of the molecule is O=S1CCCC(NC2CC2)c2cc(F)c(F)cc21. The molecule has 1 aromatic rings. The van der Waals surface area contributed by atoms with E-state index in [9.17, 15) is 13.0 Å². The highest BCUT2D eigenvalue weighted by molar-refractivity contribution is 7.85. The molecule has 0 bridgehead atoms. The van der Waals surface area contributed by atoms with Crippen LogP contribution in [-0.4, -0.2) is 16.0 Å². The summed E-state index contributed by atoms with van der Waals surface area (Å²) in [5.74, 6) is -1.23. The van der Waals surface area contributed by atoms with Crippen molar-refractivity contribution in [1.82, 2.24) is 5.32 Å². The highest BCUT2D eigenvalue weighted by Crippen LogP contribution is 2.33. The van der Waals surface area contributed by atoms with Crippen molar-refractivity contribution >= 4 is 10.8 Å². The van der Waals surface area contributed by atoms with Crippen LogP contribution in [0.4, 0.5) is 8.78 Å². The second kappa shape index (κ2) is 4.70. The van der Waals surface area contributed by atoms with Crippen LogP contribution in [0.1, 0.15) is 37.3 Å². The Morgan fingerprint density at radius 3 is 2.61 bits per heavy atom. The average Bonchev–Trinajstić information content (AvgIpc) is 3.14. The number of hydrogen-bond donors (Lipinski definition) is 1. The van der Waals surface area contributed by atoms with Crippen molar-refractivity contribution in [1.29, 1.82) is 0 Å². The maximum absolute atomic E-state index is 13.4. The first-order valence-electron chi connectivity index (χ1n) is 6.28. The first kappa shape index (κ1) is 12.2. The van der Waals surface area contributed by atoms with E-state index >= 15 is 0 Å². The third-order valence-electron chi connectivity index (χ3n) is 3.51. The van der Waals surface area contributed by atoms with E-state index in [4.69, 9.17) is 0 Å². The van der Waals surface area contributed by atoms with Crippen molar-refractivity contribution in [2.45, 2.75) is 42.7 Å². The molecule has 0 saturated heterocycles. The first-order valence-corrected chi connectivity index (χ1v) is 7.60. The van der Waals surface area contributed by atoms with Crippen LogP contribution in [0.25, 0.3) is 0 Å². The minimum absolute atomic E-state index is 0.00838. The van der Waals surface area contributed by atoms with Crippen molar-refractivity contribution in [3.63, 3.8) is 0 Å². The number of fused-ring (bicyclic) bond motifs is 1. The molecule has 0 amide bonds. The average molecular weight is 271 g/mol. The zero-order valence-electron chi connectivity index (χ0n) is 9.92. The lowest BCUT2D eigenvalue weighted by Gasteiger charge is -2.18. The Morgan fingerprint density at radius 2 is 1.89 bits per heavy atom. The molecule has 0 aromatic heterocycles. The lowest BCUT2D eigenvalue weighted by atomic mass is 10.0. The van der Waals surface area contributed by atoms with Gasteiger partial charge in [0, 0.05) is 22.7 Å². The molecule has 2 aliphatic rings. The van der Waals surface area contributed by atoms with Crippen LogP contribution in [0, 0.1) is 11.6 Å². The van der Waals surface area contributed by atoms with Gasteiger partial charge in [-0.3, -0.25) is 4.21 Å². The minimum atomic E-state index is -1.21. The Balaban J connectivity index is 2.02. The quantitative estimate of drug-likeness (QED) is 0.896. The zero-order valence-corrected chi connectivity index (χ0v) is 10.7. The molecular formula is C13H15F2NOS. The Kier molecular flexibility index (Phi) is 3.20. The summed E-state index contributed by atoms with van der Waals surface area (Å²) in [5, 5.41) is 3.43. The van der Waals surface area contributed by atoms with Crippen molar-refractivity contribution in [2.75, 3.05) is 5.75 Å². The summed E-state index contributed by atoms with van der Waals surface area (Å²) in [7, 11) is -1.21. The second-order valence-corrected chi connectivity index (χ2v) is 6.53. The summed E-state index contributed by atoms with van der Waals surface area (Å²) in [4.78, 5) is 0.463. The van der Waals surface area contributed by atoms with Gasteiger partial charge in [-0.05, 0) is 43.4 Å². The van der Waals surface area contributed by atoms with Gasteiger partial charge in [0.1, 0.15) is 0 Å². The standard InChI is InChI=1S/C13H15F2NOS/c14-10-6-9-12(16-8-3-4-8)2-1-5-18(17)13(9)7-11(10)15/h6-8,12,16H,1-5H2. The summed E-state index contributed by atoms with van der Waals surface area (Å²) in [6.07, 6.45) is 3.92. The smallest absolute Gasteiger partial charge is 0.160 e. The van der Waals surface area contributed by atoms with Crippen LogP contribution in [0.3, 0.4) is 0 Å². The molecule has 0 spiro atoms. The molecule has 0 radical (unpaired) electrons. The minimum Gasteiger partial charge on any atom is -0.307 e. The van der Waals surface area contributed by atoms with Crippen molar-refractivity contribution < 1.29 is 13.0 Å². The molecule has 2 unspecified atom stereocenters. The normalized spacial score (nSPS) is 27.7. The fourth-order valence-electron chi connectivity index (χ4n) is 2.41. The molecule has 1 aliphatic carbocycles. The van der Waals surface area contributed by atoms with Gasteiger partial charge in [-0.15, -0.1) is 0 Å². The highest BCUT2D eigenvalue weighted by Gasteiger charge is 2.30. The molecule has 5 heteroatoms. The van der Waals surface area contributed by atoms with Gasteiger partial charge >= 0.3 is 0 Å². The number of nitrogens with one attached hydrogen (secondary N) is 1. The Labute approximate surface area is 107 Å². The molecule has 2 nitrogen and oxygen atoms in total. The van der Waals surface area contributed by atoms with E-state index in [1.807, 2.05) is 0 Å². The van der Waals surface area contributed by atoms with E-state index in [0.717, 1.165) is 31.7 Å². The fourth-order valence-corrected chi connectivity index (χ4v) is 3.75. The summed E-state index contributed by atoms with van der Waals surface area (Å²) >= 11 is 0. The predicted octanol–water partition coefficient (Wildman–Crippen LogP) is 2.66. The van der Waals surface area contributed by atoms with Crippen molar-refractivity contribution in [3.8, 4) is 0 Å². The third kappa shape index (κ3) is 2.34.